The van der Waals surface area contributed by atoms with Gasteiger partial charge < -0.3 is 5.32 Å². The van der Waals surface area contributed by atoms with Crippen LogP contribution in [0.4, 0.5) is 5.82 Å². The van der Waals surface area contributed by atoms with Gasteiger partial charge in [0.25, 0.3) is 5.91 Å². The van der Waals surface area contributed by atoms with Crippen LogP contribution in [0.5, 0.6) is 0 Å². The van der Waals surface area contributed by atoms with E-state index < -0.39 is 0 Å². The van der Waals surface area contributed by atoms with Crippen molar-refractivity contribution in [2.45, 2.75) is 0 Å². The molecule has 82 valence electrons. The summed E-state index contributed by atoms with van der Waals surface area (Å²) in [6, 6.07) is 6.78. The van der Waals surface area contributed by atoms with Crippen molar-refractivity contribution in [1.82, 2.24) is 4.98 Å². The van der Waals surface area contributed by atoms with E-state index in [1.807, 2.05) is 0 Å². The molecule has 0 unspecified atom stereocenters. The van der Waals surface area contributed by atoms with Crippen LogP contribution in [0.3, 0.4) is 0 Å². The van der Waals surface area contributed by atoms with Crippen LogP contribution in [-0.2, 0) is 0 Å². The van der Waals surface area contributed by atoms with Crippen molar-refractivity contribution in [3.05, 3.63) is 44.7 Å². The van der Waals surface area contributed by atoms with E-state index in [9.17, 15) is 4.79 Å². The lowest BCUT2D eigenvalue weighted by atomic mass is 10.3. The molecule has 0 saturated carbocycles. The maximum Gasteiger partial charge on any atom is 0.259 e. The molecule has 1 amide bonds. The van der Waals surface area contributed by atoms with E-state index >= 15 is 0 Å². The Morgan fingerprint density at radius 1 is 1.38 bits per heavy atom. The van der Waals surface area contributed by atoms with Gasteiger partial charge in [0.05, 0.1) is 9.90 Å². The molecule has 1 N–H and O–H groups in total. The largest absolute Gasteiger partial charge is 0.306 e. The summed E-state index contributed by atoms with van der Waals surface area (Å²) in [6.45, 7) is 0. The van der Waals surface area contributed by atoms with Crippen molar-refractivity contribution < 1.29 is 4.79 Å². The summed E-state index contributed by atoms with van der Waals surface area (Å²) in [5.74, 6) is 0.165. The number of rotatable bonds is 2. The molecule has 2 heterocycles. The fourth-order valence-electron chi connectivity index (χ4n) is 1.12. The van der Waals surface area contributed by atoms with Gasteiger partial charge in [-0.05, 0) is 18.2 Å². The molecule has 0 fully saturated rings. The van der Waals surface area contributed by atoms with Gasteiger partial charge in [0.2, 0.25) is 0 Å². The Balaban J connectivity index is 2.18. The topological polar surface area (TPSA) is 42.0 Å². The minimum absolute atomic E-state index is 0.313. The van der Waals surface area contributed by atoms with Crippen LogP contribution in [-0.4, -0.2) is 10.9 Å². The van der Waals surface area contributed by atoms with Gasteiger partial charge in [0.1, 0.15) is 10.2 Å². The highest BCUT2D eigenvalue weighted by atomic mass is 35.5. The molecule has 0 spiro atoms. The van der Waals surface area contributed by atoms with Crippen LogP contribution in [0.2, 0.25) is 8.67 Å². The van der Waals surface area contributed by atoms with Crippen molar-refractivity contribution in [2.24, 2.45) is 0 Å². The predicted octanol–water partition coefficient (Wildman–Crippen LogP) is 3.70. The van der Waals surface area contributed by atoms with Gasteiger partial charge in [-0.25, -0.2) is 4.98 Å². The van der Waals surface area contributed by atoms with Gasteiger partial charge in [-0.2, -0.15) is 0 Å². The second-order valence-corrected chi connectivity index (χ2v) is 5.19. The van der Waals surface area contributed by atoms with E-state index in [-0.39, 0.29) is 5.91 Å². The number of hydrogen-bond acceptors (Lipinski definition) is 3. The third-order valence-corrected chi connectivity index (χ3v) is 3.30. The molecule has 0 aromatic carbocycles. The molecule has 0 aliphatic carbocycles. The number of halogens is 2. The number of anilines is 1. The maximum absolute atomic E-state index is 11.8. The lowest BCUT2D eigenvalue weighted by molar-refractivity contribution is 0.102. The molecule has 2 aromatic heterocycles. The monoisotopic (exact) mass is 272 g/mol. The number of carbonyl (C=O) groups excluding carboxylic acids is 1. The first kappa shape index (κ1) is 11.4. The summed E-state index contributed by atoms with van der Waals surface area (Å²) in [7, 11) is 0. The van der Waals surface area contributed by atoms with Gasteiger partial charge in [-0.3, -0.25) is 4.79 Å². The average molecular weight is 273 g/mol. The number of nitrogens with zero attached hydrogens (tertiary/aromatic N) is 1. The van der Waals surface area contributed by atoms with Crippen molar-refractivity contribution in [3.8, 4) is 0 Å². The zero-order chi connectivity index (χ0) is 11.5. The first-order valence-corrected chi connectivity index (χ1v) is 5.91. The molecule has 6 heteroatoms. The molecule has 0 bridgehead atoms. The molecule has 0 radical (unpaired) electrons. The van der Waals surface area contributed by atoms with Crippen LogP contribution in [0.25, 0.3) is 0 Å². The molecule has 3 nitrogen and oxygen atoms in total. The summed E-state index contributed by atoms with van der Waals surface area (Å²) in [6.07, 6.45) is 1.60. The van der Waals surface area contributed by atoms with Crippen LogP contribution in [0.1, 0.15) is 10.4 Å². The van der Waals surface area contributed by atoms with Crippen LogP contribution < -0.4 is 5.32 Å². The Bertz CT molecular complexity index is 513. The van der Waals surface area contributed by atoms with Crippen LogP contribution >= 0.6 is 34.5 Å². The zero-order valence-electron chi connectivity index (χ0n) is 7.91. The van der Waals surface area contributed by atoms with E-state index in [1.165, 1.54) is 6.07 Å². The molecule has 0 aliphatic rings. The summed E-state index contributed by atoms with van der Waals surface area (Å²) in [5, 5.41) is 2.63. The fourth-order valence-corrected chi connectivity index (χ4v) is 2.57. The molecule has 0 saturated heterocycles. The summed E-state index contributed by atoms with van der Waals surface area (Å²) in [5.41, 5.74) is 0.363. The molecule has 0 aliphatic heterocycles. The second kappa shape index (κ2) is 4.82. The van der Waals surface area contributed by atoms with E-state index in [0.717, 1.165) is 11.3 Å². The normalized spacial score (nSPS) is 10.1. The Morgan fingerprint density at radius 2 is 2.19 bits per heavy atom. The smallest absolute Gasteiger partial charge is 0.259 e. The number of hydrogen-bond donors (Lipinski definition) is 1. The van der Waals surface area contributed by atoms with Crippen molar-refractivity contribution in [1.29, 1.82) is 0 Å². The van der Waals surface area contributed by atoms with Gasteiger partial charge in [0.15, 0.2) is 0 Å². The van der Waals surface area contributed by atoms with Crippen molar-refractivity contribution in [3.63, 3.8) is 0 Å². The Kier molecular flexibility index (Phi) is 3.43. The fraction of sp³-hybridized carbons (Fsp3) is 0. The molecular formula is C10H6Cl2N2OS. The minimum atomic E-state index is -0.313. The van der Waals surface area contributed by atoms with Crippen molar-refractivity contribution >= 4 is 46.3 Å². The predicted molar refractivity (Wildman–Crippen MR) is 66.5 cm³/mol. The number of thiophene rings is 1. The standard InChI is InChI=1S/C10H6Cl2N2OS/c11-7-5-6(9(12)16-7)10(15)14-8-3-1-2-4-13-8/h1-5H,(H,13,14,15). The lowest BCUT2D eigenvalue weighted by Gasteiger charge is -2.01. The highest BCUT2D eigenvalue weighted by Gasteiger charge is 2.14. The Labute approximate surface area is 106 Å². The summed E-state index contributed by atoms with van der Waals surface area (Å²) < 4.78 is 0.856. The third kappa shape index (κ3) is 2.52. The maximum atomic E-state index is 11.8. The summed E-state index contributed by atoms with van der Waals surface area (Å²) >= 11 is 12.8. The van der Waals surface area contributed by atoms with Crippen LogP contribution in [0.15, 0.2) is 30.5 Å². The number of carbonyl (C=O) groups is 1. The first-order valence-electron chi connectivity index (χ1n) is 4.34. The van der Waals surface area contributed by atoms with Gasteiger partial charge in [0, 0.05) is 6.20 Å². The lowest BCUT2D eigenvalue weighted by Crippen LogP contribution is -2.12. The number of nitrogens with one attached hydrogen (secondary N) is 1. The van der Waals surface area contributed by atoms with Crippen LogP contribution in [0, 0.1) is 0 Å². The van der Waals surface area contributed by atoms with Crippen molar-refractivity contribution in [2.75, 3.05) is 5.32 Å². The van der Waals surface area contributed by atoms with Gasteiger partial charge in [-0.1, -0.05) is 29.3 Å². The second-order valence-electron chi connectivity index (χ2n) is 2.91. The third-order valence-electron chi connectivity index (χ3n) is 1.81. The number of aromatic nitrogens is 1. The Hall–Kier alpha value is -1.10. The van der Waals surface area contributed by atoms with Gasteiger partial charge in [-0.15, -0.1) is 11.3 Å². The highest BCUT2D eigenvalue weighted by molar-refractivity contribution is 7.20. The summed E-state index contributed by atoms with van der Waals surface area (Å²) in [4.78, 5) is 15.7. The molecular weight excluding hydrogens is 267 g/mol. The SMILES string of the molecule is O=C(Nc1ccccn1)c1cc(Cl)sc1Cl. The minimum Gasteiger partial charge on any atom is -0.306 e. The zero-order valence-corrected chi connectivity index (χ0v) is 10.2. The number of amides is 1. The molecule has 0 atom stereocenters. The van der Waals surface area contributed by atoms with E-state index in [0.29, 0.717) is 20.1 Å². The average Bonchev–Trinajstić information content (AvgIpc) is 2.59. The quantitative estimate of drug-likeness (QED) is 0.906. The van der Waals surface area contributed by atoms with E-state index in [2.05, 4.69) is 10.3 Å². The number of pyridine rings is 1. The Morgan fingerprint density at radius 3 is 2.75 bits per heavy atom. The molecule has 2 aromatic rings. The molecule has 2 rings (SSSR count). The molecule has 16 heavy (non-hydrogen) atoms. The van der Waals surface area contributed by atoms with E-state index in [1.54, 1.807) is 24.4 Å². The first-order chi connectivity index (χ1) is 7.66. The van der Waals surface area contributed by atoms with E-state index in [4.69, 9.17) is 23.2 Å². The van der Waals surface area contributed by atoms with Gasteiger partial charge >= 0.3 is 0 Å². The highest BCUT2D eigenvalue weighted by Crippen LogP contribution is 2.31.